The number of nitriles is 2. The van der Waals surface area contributed by atoms with Crippen LogP contribution in [0.4, 0.5) is 0 Å². The maximum absolute atomic E-state index is 12.3. The summed E-state index contributed by atoms with van der Waals surface area (Å²) < 4.78 is 12.6. The summed E-state index contributed by atoms with van der Waals surface area (Å²) in [6.07, 6.45) is 1.56. The van der Waals surface area contributed by atoms with Crippen LogP contribution in [0.5, 0.6) is 0 Å². The number of methoxy groups -OCH3 is 1. The summed E-state index contributed by atoms with van der Waals surface area (Å²) in [6, 6.07) is 12.8. The Labute approximate surface area is 165 Å². The Hall–Kier alpha value is -3.35. The molecule has 0 bridgehead atoms. The largest absolute Gasteiger partial charge is 0.457 e. The fraction of sp³-hybridized carbons (Fsp3) is 0.318. The van der Waals surface area contributed by atoms with Crippen LogP contribution in [0.25, 0.3) is 6.08 Å². The normalized spacial score (nSPS) is 12.1. The van der Waals surface area contributed by atoms with E-state index in [1.165, 1.54) is 0 Å². The summed E-state index contributed by atoms with van der Waals surface area (Å²) in [4.78, 5) is 12.3. The van der Waals surface area contributed by atoms with Crippen molar-refractivity contribution in [2.45, 2.75) is 33.4 Å². The highest BCUT2D eigenvalue weighted by atomic mass is 16.5. The van der Waals surface area contributed by atoms with Crippen LogP contribution in [0.2, 0.25) is 0 Å². The Balaban J connectivity index is 2.16. The molecule has 1 heterocycles. The number of ether oxygens (including phenoxy) is 2. The zero-order chi connectivity index (χ0) is 20.7. The van der Waals surface area contributed by atoms with Gasteiger partial charge in [0.1, 0.15) is 18.2 Å². The van der Waals surface area contributed by atoms with Crippen molar-refractivity contribution in [2.24, 2.45) is 0 Å². The lowest BCUT2D eigenvalue weighted by Crippen LogP contribution is -2.13. The van der Waals surface area contributed by atoms with Crippen LogP contribution in [0.15, 0.2) is 35.9 Å². The highest BCUT2D eigenvalue weighted by Crippen LogP contribution is 2.23. The quantitative estimate of drug-likeness (QED) is 0.416. The van der Waals surface area contributed by atoms with Gasteiger partial charge in [0, 0.05) is 18.5 Å². The van der Waals surface area contributed by atoms with Crippen molar-refractivity contribution in [2.75, 3.05) is 13.7 Å². The van der Waals surface area contributed by atoms with Crippen LogP contribution < -0.4 is 0 Å². The van der Waals surface area contributed by atoms with Crippen molar-refractivity contribution in [1.82, 2.24) is 4.57 Å². The summed E-state index contributed by atoms with van der Waals surface area (Å²) in [7, 11) is 1.66. The minimum atomic E-state index is -0.679. The second-order valence-corrected chi connectivity index (χ2v) is 6.56. The molecule has 0 radical (unpaired) electrons. The van der Waals surface area contributed by atoms with E-state index in [-0.39, 0.29) is 18.2 Å². The molecule has 0 fully saturated rings. The number of aromatic nitrogens is 1. The van der Waals surface area contributed by atoms with Crippen LogP contribution in [0.1, 0.15) is 41.0 Å². The second-order valence-electron chi connectivity index (χ2n) is 6.56. The van der Waals surface area contributed by atoms with Crippen molar-refractivity contribution in [3.63, 3.8) is 0 Å². The standard InChI is InChI=1S/C22H23N3O3/c1-15-9-20(17(3)25(15)16(2)13-27-4)10-21(12-24)22(26)28-14-19-7-5-18(11-23)6-8-19/h5-10,16H,13-14H2,1-4H3/b21-10+/t16-/m0/s1. The summed E-state index contributed by atoms with van der Waals surface area (Å²) in [5.74, 6) is -0.679. The minimum Gasteiger partial charge on any atom is -0.457 e. The van der Waals surface area contributed by atoms with Gasteiger partial charge < -0.3 is 14.0 Å². The molecule has 0 N–H and O–H groups in total. The Bertz CT molecular complexity index is 957. The van der Waals surface area contributed by atoms with E-state index in [2.05, 4.69) is 4.57 Å². The van der Waals surface area contributed by atoms with Crippen molar-refractivity contribution in [3.05, 3.63) is 64.0 Å². The smallest absolute Gasteiger partial charge is 0.349 e. The lowest BCUT2D eigenvalue weighted by molar-refractivity contribution is -0.139. The first kappa shape index (κ1) is 21.0. The molecule has 1 aromatic heterocycles. The molecule has 0 aliphatic heterocycles. The summed E-state index contributed by atoms with van der Waals surface area (Å²) in [6.45, 7) is 6.58. The van der Waals surface area contributed by atoms with Gasteiger partial charge in [-0.3, -0.25) is 0 Å². The van der Waals surface area contributed by atoms with E-state index >= 15 is 0 Å². The van der Waals surface area contributed by atoms with E-state index in [4.69, 9.17) is 14.7 Å². The van der Waals surface area contributed by atoms with E-state index in [1.54, 1.807) is 37.5 Å². The van der Waals surface area contributed by atoms with Crippen molar-refractivity contribution in [3.8, 4) is 12.1 Å². The van der Waals surface area contributed by atoms with Crippen LogP contribution >= 0.6 is 0 Å². The third kappa shape index (κ3) is 4.88. The first-order valence-corrected chi connectivity index (χ1v) is 8.86. The Morgan fingerprint density at radius 3 is 2.50 bits per heavy atom. The fourth-order valence-corrected chi connectivity index (χ4v) is 3.14. The van der Waals surface area contributed by atoms with Gasteiger partial charge in [-0.2, -0.15) is 10.5 Å². The molecule has 0 spiro atoms. The van der Waals surface area contributed by atoms with Gasteiger partial charge in [-0.1, -0.05) is 12.1 Å². The molecule has 0 aliphatic rings. The molecule has 0 saturated carbocycles. The van der Waals surface area contributed by atoms with Crippen molar-refractivity contribution < 1.29 is 14.3 Å². The number of benzene rings is 1. The molecule has 0 amide bonds. The number of aryl methyl sites for hydroxylation is 1. The van der Waals surface area contributed by atoms with E-state index in [0.29, 0.717) is 12.2 Å². The molecule has 0 saturated heterocycles. The number of hydrogen-bond donors (Lipinski definition) is 0. The van der Waals surface area contributed by atoms with E-state index < -0.39 is 5.97 Å². The van der Waals surface area contributed by atoms with Crippen LogP contribution in [0.3, 0.4) is 0 Å². The van der Waals surface area contributed by atoms with E-state index in [1.807, 2.05) is 39.0 Å². The minimum absolute atomic E-state index is 0.0352. The van der Waals surface area contributed by atoms with Gasteiger partial charge in [0.2, 0.25) is 0 Å². The number of carbonyl (C=O) groups is 1. The number of hydrogen-bond acceptors (Lipinski definition) is 5. The molecule has 0 unspecified atom stereocenters. The average molecular weight is 377 g/mol. The van der Waals surface area contributed by atoms with Crippen LogP contribution in [0, 0.1) is 36.5 Å². The third-order valence-corrected chi connectivity index (χ3v) is 4.47. The topological polar surface area (TPSA) is 88.0 Å². The van der Waals surface area contributed by atoms with Crippen molar-refractivity contribution in [1.29, 1.82) is 10.5 Å². The van der Waals surface area contributed by atoms with Gasteiger partial charge in [-0.15, -0.1) is 0 Å². The van der Waals surface area contributed by atoms with Gasteiger partial charge in [0.15, 0.2) is 0 Å². The predicted octanol–water partition coefficient (Wildman–Crippen LogP) is 3.83. The molecule has 2 aromatic rings. The predicted molar refractivity (Wildman–Crippen MR) is 105 cm³/mol. The SMILES string of the molecule is COC[C@H](C)n1c(C)cc(/C=C(\C#N)C(=O)OCc2ccc(C#N)cc2)c1C. The molecule has 1 atom stereocenters. The molecule has 2 rings (SSSR count). The van der Waals surface area contributed by atoms with Crippen LogP contribution in [-0.2, 0) is 20.9 Å². The number of nitrogens with zero attached hydrogens (tertiary/aromatic N) is 3. The molecule has 1 aromatic carbocycles. The number of rotatable bonds is 7. The molecule has 28 heavy (non-hydrogen) atoms. The highest BCUT2D eigenvalue weighted by molar-refractivity contribution is 5.98. The molecule has 144 valence electrons. The van der Waals surface area contributed by atoms with E-state index in [9.17, 15) is 10.1 Å². The van der Waals surface area contributed by atoms with Gasteiger partial charge in [0.05, 0.1) is 24.3 Å². The molecule has 6 nitrogen and oxygen atoms in total. The monoisotopic (exact) mass is 377 g/mol. The zero-order valence-corrected chi connectivity index (χ0v) is 16.5. The lowest BCUT2D eigenvalue weighted by atomic mass is 10.1. The molecule has 6 heteroatoms. The van der Waals surface area contributed by atoms with Gasteiger partial charge in [-0.25, -0.2) is 4.79 Å². The van der Waals surface area contributed by atoms with Gasteiger partial charge >= 0.3 is 5.97 Å². The second kappa shape index (κ2) is 9.55. The summed E-state index contributed by atoms with van der Waals surface area (Å²) in [5.41, 5.74) is 3.99. The van der Waals surface area contributed by atoms with Crippen LogP contribution in [-0.4, -0.2) is 24.3 Å². The summed E-state index contributed by atoms with van der Waals surface area (Å²) >= 11 is 0. The first-order chi connectivity index (χ1) is 13.4. The van der Waals surface area contributed by atoms with Gasteiger partial charge in [0.25, 0.3) is 0 Å². The number of carbonyl (C=O) groups excluding carboxylic acids is 1. The molecule has 0 aliphatic carbocycles. The Morgan fingerprint density at radius 2 is 1.93 bits per heavy atom. The average Bonchev–Trinajstić information content (AvgIpc) is 2.97. The fourth-order valence-electron chi connectivity index (χ4n) is 3.14. The maximum atomic E-state index is 12.3. The number of esters is 1. The lowest BCUT2D eigenvalue weighted by Gasteiger charge is -2.17. The first-order valence-electron chi connectivity index (χ1n) is 8.86. The van der Waals surface area contributed by atoms with Crippen molar-refractivity contribution >= 4 is 12.0 Å². The third-order valence-electron chi connectivity index (χ3n) is 4.47. The zero-order valence-electron chi connectivity index (χ0n) is 16.5. The van der Waals surface area contributed by atoms with Gasteiger partial charge in [-0.05, 0) is 56.2 Å². The van der Waals surface area contributed by atoms with E-state index in [0.717, 1.165) is 22.5 Å². The molecular weight excluding hydrogens is 354 g/mol. The Kier molecular flexibility index (Phi) is 7.14. The highest BCUT2D eigenvalue weighted by Gasteiger charge is 2.16. The summed E-state index contributed by atoms with van der Waals surface area (Å²) in [5, 5.41) is 18.2. The maximum Gasteiger partial charge on any atom is 0.349 e. The Morgan fingerprint density at radius 1 is 1.25 bits per heavy atom. The molecular formula is C22H23N3O3.